The molecule has 118 valence electrons. The van der Waals surface area contributed by atoms with Gasteiger partial charge in [-0.3, -0.25) is 9.59 Å². The Morgan fingerprint density at radius 3 is 2.52 bits per heavy atom. The Bertz CT molecular complexity index is 621. The predicted octanol–water partition coefficient (Wildman–Crippen LogP) is 0.520. The number of amides is 1. The molecule has 0 aliphatic heterocycles. The Hall–Kier alpha value is -1.45. The minimum absolute atomic E-state index is 0.0265. The van der Waals surface area contributed by atoms with E-state index in [1.807, 2.05) is 0 Å². The molecule has 0 fully saturated rings. The normalized spacial score (nSPS) is 11.9. The van der Waals surface area contributed by atoms with Crippen LogP contribution in [0.2, 0.25) is 0 Å². The maximum absolute atomic E-state index is 12.3. The molecular weight excluding hydrogens is 316 g/mol. The molecule has 1 amide bonds. The van der Waals surface area contributed by atoms with Crippen molar-refractivity contribution in [3.05, 3.63) is 17.0 Å². The minimum Gasteiger partial charge on any atom is -0.481 e. The number of carbonyl (C=O) groups is 2. The molecule has 0 radical (unpaired) electrons. The van der Waals surface area contributed by atoms with Gasteiger partial charge in [-0.05, 0) is 26.0 Å². The first-order valence-corrected chi connectivity index (χ1v) is 8.44. The maximum Gasteiger partial charge on any atom is 0.308 e. The lowest BCUT2D eigenvalue weighted by atomic mass is 10.3. The van der Waals surface area contributed by atoms with Crippen molar-refractivity contribution in [3.63, 3.8) is 0 Å². The van der Waals surface area contributed by atoms with Gasteiger partial charge in [-0.15, -0.1) is 11.3 Å². The van der Waals surface area contributed by atoms with Gasteiger partial charge in [-0.25, -0.2) is 8.42 Å². The molecule has 0 bridgehead atoms. The lowest BCUT2D eigenvalue weighted by Crippen LogP contribution is -2.40. The zero-order valence-electron chi connectivity index (χ0n) is 12.0. The number of rotatable bonds is 7. The number of hydrogen-bond acceptors (Lipinski definition) is 5. The van der Waals surface area contributed by atoms with Gasteiger partial charge in [0, 0.05) is 18.0 Å². The summed E-state index contributed by atoms with van der Waals surface area (Å²) in [5, 5.41) is 11.3. The van der Waals surface area contributed by atoms with Crippen molar-refractivity contribution in [2.75, 3.05) is 13.6 Å². The van der Waals surface area contributed by atoms with E-state index >= 15 is 0 Å². The topological polar surface area (TPSA) is 104 Å². The summed E-state index contributed by atoms with van der Waals surface area (Å²) in [6, 6.07) is 2.75. The van der Waals surface area contributed by atoms with Gasteiger partial charge in [0.1, 0.15) is 4.21 Å². The van der Waals surface area contributed by atoms with Gasteiger partial charge in [0.05, 0.1) is 13.0 Å². The van der Waals surface area contributed by atoms with Gasteiger partial charge in [-0.2, -0.15) is 4.31 Å². The van der Waals surface area contributed by atoms with E-state index in [9.17, 15) is 18.0 Å². The first-order chi connectivity index (χ1) is 9.62. The van der Waals surface area contributed by atoms with Crippen LogP contribution < -0.4 is 5.32 Å². The average Bonchev–Trinajstić information content (AvgIpc) is 2.75. The van der Waals surface area contributed by atoms with Crippen LogP contribution in [0.1, 0.15) is 18.7 Å². The quantitative estimate of drug-likeness (QED) is 0.756. The van der Waals surface area contributed by atoms with E-state index in [1.165, 1.54) is 19.2 Å². The first-order valence-electron chi connectivity index (χ1n) is 6.19. The molecule has 1 heterocycles. The van der Waals surface area contributed by atoms with Crippen molar-refractivity contribution < 1.29 is 23.1 Å². The van der Waals surface area contributed by atoms with Gasteiger partial charge in [0.25, 0.3) is 10.0 Å². The molecule has 0 aromatic carbocycles. The third kappa shape index (κ3) is 5.10. The Labute approximate surface area is 127 Å². The molecule has 2 N–H and O–H groups in total. The lowest BCUT2D eigenvalue weighted by Gasteiger charge is -2.16. The van der Waals surface area contributed by atoms with Gasteiger partial charge >= 0.3 is 5.97 Å². The molecule has 1 aromatic heterocycles. The number of nitrogens with one attached hydrogen (secondary N) is 1. The first kappa shape index (κ1) is 17.6. The standard InChI is InChI=1S/C12H18N2O5S2/c1-8(2)13-10(15)7-14(3)21(18,19)12-5-4-9(20-12)6-11(16)17/h4-5,8H,6-7H2,1-3H3,(H,13,15)(H,16,17). The Morgan fingerprint density at radius 2 is 2.00 bits per heavy atom. The van der Waals surface area contributed by atoms with Crippen molar-refractivity contribution in [2.24, 2.45) is 0 Å². The fourth-order valence-electron chi connectivity index (χ4n) is 1.55. The highest BCUT2D eigenvalue weighted by molar-refractivity contribution is 7.91. The molecule has 0 saturated heterocycles. The Morgan fingerprint density at radius 1 is 1.38 bits per heavy atom. The van der Waals surface area contributed by atoms with Crippen LogP contribution in [0, 0.1) is 0 Å². The van der Waals surface area contributed by atoms with E-state index in [0.29, 0.717) is 4.88 Å². The largest absolute Gasteiger partial charge is 0.481 e. The van der Waals surface area contributed by atoms with E-state index in [1.54, 1.807) is 13.8 Å². The molecule has 1 aromatic rings. The third-order valence-corrected chi connectivity index (χ3v) is 5.80. The minimum atomic E-state index is -3.79. The maximum atomic E-state index is 12.3. The SMILES string of the molecule is CC(C)NC(=O)CN(C)S(=O)(=O)c1ccc(CC(=O)O)s1. The van der Waals surface area contributed by atoms with E-state index in [0.717, 1.165) is 15.6 Å². The predicted molar refractivity (Wildman–Crippen MR) is 78.8 cm³/mol. The van der Waals surface area contributed by atoms with Crippen LogP contribution in [0.5, 0.6) is 0 Å². The molecule has 1 rings (SSSR count). The van der Waals surface area contributed by atoms with E-state index in [-0.39, 0.29) is 23.2 Å². The summed E-state index contributed by atoms with van der Waals surface area (Å²) in [6.45, 7) is 3.28. The number of carboxylic acid groups (broad SMARTS) is 1. The zero-order valence-corrected chi connectivity index (χ0v) is 13.6. The summed E-state index contributed by atoms with van der Waals surface area (Å²) in [7, 11) is -2.48. The van der Waals surface area contributed by atoms with Gasteiger partial charge in [0.2, 0.25) is 5.91 Å². The highest BCUT2D eigenvalue weighted by atomic mass is 32.2. The second kappa shape index (κ2) is 7.01. The van der Waals surface area contributed by atoms with Crippen LogP contribution in [0.4, 0.5) is 0 Å². The highest BCUT2D eigenvalue weighted by Crippen LogP contribution is 2.24. The second-order valence-corrected chi connectivity index (χ2v) is 8.21. The molecular formula is C12H18N2O5S2. The number of nitrogens with zero attached hydrogens (tertiary/aromatic N) is 1. The molecule has 0 atom stereocenters. The van der Waals surface area contributed by atoms with Crippen molar-refractivity contribution in [2.45, 2.75) is 30.5 Å². The van der Waals surface area contributed by atoms with Crippen LogP contribution in [-0.4, -0.2) is 49.3 Å². The molecule has 0 spiro atoms. The van der Waals surface area contributed by atoms with Crippen LogP contribution in [0.25, 0.3) is 0 Å². The molecule has 21 heavy (non-hydrogen) atoms. The highest BCUT2D eigenvalue weighted by Gasteiger charge is 2.25. The summed E-state index contributed by atoms with van der Waals surface area (Å²) in [5.41, 5.74) is 0. The number of sulfonamides is 1. The summed E-state index contributed by atoms with van der Waals surface area (Å²) in [6.07, 6.45) is -0.224. The number of carboxylic acids is 1. The van der Waals surface area contributed by atoms with Crippen LogP contribution in [-0.2, 0) is 26.0 Å². The fourth-order valence-corrected chi connectivity index (χ4v) is 4.23. The van der Waals surface area contributed by atoms with Gasteiger partial charge in [0.15, 0.2) is 0 Å². The number of aliphatic carboxylic acids is 1. The molecule has 0 saturated carbocycles. The van der Waals surface area contributed by atoms with Crippen molar-refractivity contribution >= 4 is 33.2 Å². The smallest absolute Gasteiger partial charge is 0.308 e. The zero-order chi connectivity index (χ0) is 16.2. The van der Waals surface area contributed by atoms with Crippen molar-refractivity contribution in [1.29, 1.82) is 0 Å². The molecule has 0 unspecified atom stereocenters. The Kier molecular flexibility index (Phi) is 5.87. The summed E-state index contributed by atoms with van der Waals surface area (Å²) < 4.78 is 25.5. The van der Waals surface area contributed by atoms with E-state index < -0.39 is 21.9 Å². The number of hydrogen-bond donors (Lipinski definition) is 2. The van der Waals surface area contributed by atoms with Crippen LogP contribution >= 0.6 is 11.3 Å². The molecule has 7 nitrogen and oxygen atoms in total. The lowest BCUT2D eigenvalue weighted by molar-refractivity contribution is -0.136. The van der Waals surface area contributed by atoms with Gasteiger partial charge in [-0.1, -0.05) is 0 Å². The molecule has 9 heteroatoms. The summed E-state index contributed by atoms with van der Waals surface area (Å²) in [4.78, 5) is 22.7. The van der Waals surface area contributed by atoms with Gasteiger partial charge < -0.3 is 10.4 Å². The third-order valence-electron chi connectivity index (χ3n) is 2.44. The molecule has 0 aliphatic rings. The van der Waals surface area contributed by atoms with E-state index in [2.05, 4.69) is 5.32 Å². The van der Waals surface area contributed by atoms with Crippen LogP contribution in [0.3, 0.4) is 0 Å². The van der Waals surface area contributed by atoms with Crippen molar-refractivity contribution in [3.8, 4) is 0 Å². The Balaban J connectivity index is 2.82. The number of likely N-dealkylation sites (N-methyl/N-ethyl adjacent to an activating group) is 1. The fraction of sp³-hybridized carbons (Fsp3) is 0.500. The molecule has 0 aliphatic carbocycles. The van der Waals surface area contributed by atoms with Crippen molar-refractivity contribution in [1.82, 2.24) is 9.62 Å². The number of thiophene rings is 1. The number of carbonyl (C=O) groups excluding carboxylic acids is 1. The van der Waals surface area contributed by atoms with Crippen LogP contribution in [0.15, 0.2) is 16.3 Å². The monoisotopic (exact) mass is 334 g/mol. The summed E-state index contributed by atoms with van der Waals surface area (Å²) in [5.74, 6) is -1.41. The van der Waals surface area contributed by atoms with E-state index in [4.69, 9.17) is 5.11 Å². The second-order valence-electron chi connectivity index (χ2n) is 4.77. The average molecular weight is 334 g/mol. The summed E-state index contributed by atoms with van der Waals surface area (Å²) >= 11 is 0.895.